The number of anilines is 3. The van der Waals surface area contributed by atoms with Crippen molar-refractivity contribution in [2.24, 2.45) is 0 Å². The van der Waals surface area contributed by atoms with Crippen LogP contribution in [0.15, 0.2) is 25.3 Å². The summed E-state index contributed by atoms with van der Waals surface area (Å²) in [5.41, 5.74) is 0. The molecule has 23 heavy (non-hydrogen) atoms. The lowest BCUT2D eigenvalue weighted by atomic mass is 10.2. The van der Waals surface area contributed by atoms with E-state index in [4.69, 9.17) is 4.18 Å². The van der Waals surface area contributed by atoms with E-state index in [2.05, 4.69) is 38.7 Å². The lowest BCUT2D eigenvalue weighted by Crippen LogP contribution is -2.53. The van der Waals surface area contributed by atoms with Gasteiger partial charge in [0.15, 0.2) is 0 Å². The molecule has 2 rings (SSSR count). The summed E-state index contributed by atoms with van der Waals surface area (Å²) in [5.74, 6) is 1.27. The van der Waals surface area contributed by atoms with Gasteiger partial charge in [0.1, 0.15) is 6.10 Å². The second-order valence-corrected chi connectivity index (χ2v) is 6.55. The van der Waals surface area contributed by atoms with Crippen molar-refractivity contribution in [1.29, 1.82) is 0 Å². The van der Waals surface area contributed by atoms with Gasteiger partial charge in [-0.3, -0.25) is 4.18 Å². The van der Waals surface area contributed by atoms with E-state index in [9.17, 15) is 8.42 Å². The molecular formula is C13H20N6O3S. The number of nitrogens with zero attached hydrogens (tertiary/aromatic N) is 4. The Balaban J connectivity index is 2.08. The Morgan fingerprint density at radius 1 is 1.17 bits per heavy atom. The van der Waals surface area contributed by atoms with Crippen LogP contribution in [0.1, 0.15) is 0 Å². The van der Waals surface area contributed by atoms with Gasteiger partial charge in [-0.15, -0.1) is 13.2 Å². The summed E-state index contributed by atoms with van der Waals surface area (Å²) in [7, 11) is -3.46. The third-order valence-corrected chi connectivity index (χ3v) is 3.50. The summed E-state index contributed by atoms with van der Waals surface area (Å²) in [6, 6.07) is 0. The molecule has 1 aromatic heterocycles. The van der Waals surface area contributed by atoms with Crippen LogP contribution in [0.5, 0.6) is 0 Å². The van der Waals surface area contributed by atoms with Gasteiger partial charge in [0.25, 0.3) is 10.1 Å². The first kappa shape index (κ1) is 17.2. The number of hydrogen-bond acceptors (Lipinski definition) is 9. The van der Waals surface area contributed by atoms with Gasteiger partial charge >= 0.3 is 0 Å². The fourth-order valence-corrected chi connectivity index (χ4v) is 2.52. The molecular weight excluding hydrogens is 320 g/mol. The van der Waals surface area contributed by atoms with Crippen molar-refractivity contribution in [3.8, 4) is 0 Å². The first-order chi connectivity index (χ1) is 10.9. The molecule has 1 aromatic rings. The average molecular weight is 340 g/mol. The molecule has 126 valence electrons. The third kappa shape index (κ3) is 5.18. The van der Waals surface area contributed by atoms with Crippen LogP contribution in [0, 0.1) is 0 Å². The fraction of sp³-hybridized carbons (Fsp3) is 0.462. The van der Waals surface area contributed by atoms with Crippen molar-refractivity contribution in [2.45, 2.75) is 6.10 Å². The summed E-state index contributed by atoms with van der Waals surface area (Å²) < 4.78 is 27.1. The van der Waals surface area contributed by atoms with Gasteiger partial charge in [-0.25, -0.2) is 0 Å². The Kier molecular flexibility index (Phi) is 5.50. The van der Waals surface area contributed by atoms with Crippen LogP contribution in [0.4, 0.5) is 17.8 Å². The van der Waals surface area contributed by atoms with E-state index in [1.54, 1.807) is 12.2 Å². The first-order valence-corrected chi connectivity index (χ1v) is 8.81. The maximum atomic E-state index is 11.1. The molecule has 0 saturated carbocycles. The molecule has 0 amide bonds. The van der Waals surface area contributed by atoms with Crippen LogP contribution >= 0.6 is 0 Å². The van der Waals surface area contributed by atoms with Gasteiger partial charge in [0.05, 0.1) is 19.3 Å². The summed E-state index contributed by atoms with van der Waals surface area (Å²) in [5, 5.41) is 6.01. The Bertz CT molecular complexity index is 642. The van der Waals surface area contributed by atoms with Crippen molar-refractivity contribution >= 4 is 28.0 Å². The van der Waals surface area contributed by atoms with Crippen LogP contribution < -0.4 is 15.5 Å². The number of nitrogens with one attached hydrogen (secondary N) is 2. The molecule has 9 nitrogen and oxygen atoms in total. The standard InChI is InChI=1S/C13H20N6O3S/c1-4-6-14-11-16-12(15-7-5-2)18-13(17-11)19-8-10(9-19)22-23(3,20)21/h4-5,10H,1-2,6-9H2,3H3,(H2,14,15,16,17,18). The SMILES string of the molecule is C=CCNc1nc(NCC=C)nc(N2CC(OS(C)(=O)=O)C2)n1. The first-order valence-electron chi connectivity index (χ1n) is 7.00. The van der Waals surface area contributed by atoms with Crippen molar-refractivity contribution in [3.05, 3.63) is 25.3 Å². The van der Waals surface area contributed by atoms with Gasteiger partial charge in [-0.05, 0) is 0 Å². The molecule has 0 bridgehead atoms. The van der Waals surface area contributed by atoms with E-state index in [0.717, 1.165) is 6.26 Å². The molecule has 0 atom stereocenters. The topological polar surface area (TPSA) is 109 Å². The Morgan fingerprint density at radius 2 is 1.70 bits per heavy atom. The largest absolute Gasteiger partial charge is 0.351 e. The van der Waals surface area contributed by atoms with Crippen molar-refractivity contribution in [3.63, 3.8) is 0 Å². The van der Waals surface area contributed by atoms with Gasteiger partial charge in [-0.1, -0.05) is 12.2 Å². The Labute approximate surface area is 135 Å². The molecule has 0 spiro atoms. The molecule has 1 saturated heterocycles. The lowest BCUT2D eigenvalue weighted by Gasteiger charge is -2.37. The van der Waals surface area contributed by atoms with Crippen LogP contribution in [0.2, 0.25) is 0 Å². The minimum Gasteiger partial charge on any atom is -0.351 e. The van der Waals surface area contributed by atoms with Crippen molar-refractivity contribution < 1.29 is 12.6 Å². The minimum atomic E-state index is -3.46. The minimum absolute atomic E-state index is 0.379. The Hall–Kier alpha value is -2.20. The maximum absolute atomic E-state index is 11.1. The van der Waals surface area contributed by atoms with Gasteiger partial charge in [0, 0.05) is 13.1 Å². The van der Waals surface area contributed by atoms with E-state index in [1.165, 1.54) is 0 Å². The molecule has 1 aliphatic rings. The number of hydrogen-bond donors (Lipinski definition) is 2. The predicted octanol–water partition coefficient (Wildman–Crippen LogP) is 0.232. The van der Waals surface area contributed by atoms with E-state index in [1.807, 2.05) is 4.90 Å². The van der Waals surface area contributed by atoms with E-state index >= 15 is 0 Å². The highest BCUT2D eigenvalue weighted by Crippen LogP contribution is 2.21. The summed E-state index contributed by atoms with van der Waals surface area (Å²) in [4.78, 5) is 14.7. The Morgan fingerprint density at radius 3 is 2.13 bits per heavy atom. The van der Waals surface area contributed by atoms with E-state index in [-0.39, 0.29) is 6.10 Å². The van der Waals surface area contributed by atoms with Crippen LogP contribution in [0.25, 0.3) is 0 Å². The second-order valence-electron chi connectivity index (χ2n) is 4.95. The van der Waals surface area contributed by atoms with Crippen LogP contribution in [0.3, 0.4) is 0 Å². The van der Waals surface area contributed by atoms with Gasteiger partial charge in [-0.2, -0.15) is 23.4 Å². The average Bonchev–Trinajstić information content (AvgIpc) is 2.45. The van der Waals surface area contributed by atoms with Crippen LogP contribution in [-0.2, 0) is 14.3 Å². The van der Waals surface area contributed by atoms with E-state index in [0.29, 0.717) is 44.0 Å². The normalized spacial score (nSPS) is 14.9. The summed E-state index contributed by atoms with van der Waals surface area (Å²) >= 11 is 0. The summed E-state index contributed by atoms with van der Waals surface area (Å²) in [6.45, 7) is 9.10. The molecule has 0 aliphatic carbocycles. The van der Waals surface area contributed by atoms with Gasteiger partial charge < -0.3 is 15.5 Å². The smallest absolute Gasteiger partial charge is 0.264 e. The van der Waals surface area contributed by atoms with E-state index < -0.39 is 10.1 Å². The van der Waals surface area contributed by atoms with Gasteiger partial charge in [0.2, 0.25) is 17.8 Å². The third-order valence-electron chi connectivity index (χ3n) is 2.87. The van der Waals surface area contributed by atoms with Crippen molar-refractivity contribution in [2.75, 3.05) is 48.0 Å². The number of aromatic nitrogens is 3. The maximum Gasteiger partial charge on any atom is 0.264 e. The molecule has 10 heteroatoms. The summed E-state index contributed by atoms with van der Waals surface area (Å²) in [6.07, 6.45) is 4.04. The fourth-order valence-electron chi connectivity index (χ4n) is 1.90. The highest BCUT2D eigenvalue weighted by molar-refractivity contribution is 7.86. The molecule has 0 radical (unpaired) electrons. The molecule has 1 aliphatic heterocycles. The molecule has 2 N–H and O–H groups in total. The van der Waals surface area contributed by atoms with Crippen molar-refractivity contribution in [1.82, 2.24) is 15.0 Å². The highest BCUT2D eigenvalue weighted by atomic mass is 32.2. The number of rotatable bonds is 9. The lowest BCUT2D eigenvalue weighted by molar-refractivity contribution is 0.175. The monoisotopic (exact) mass is 340 g/mol. The quantitative estimate of drug-likeness (QED) is 0.482. The van der Waals surface area contributed by atoms with Crippen LogP contribution in [-0.4, -0.2) is 61.9 Å². The zero-order chi connectivity index (χ0) is 16.9. The predicted molar refractivity (Wildman–Crippen MR) is 89.1 cm³/mol. The molecule has 0 unspecified atom stereocenters. The molecule has 1 fully saturated rings. The molecule has 0 aromatic carbocycles. The zero-order valence-electron chi connectivity index (χ0n) is 12.9. The molecule has 2 heterocycles. The second kappa shape index (κ2) is 7.38. The zero-order valence-corrected chi connectivity index (χ0v) is 13.7. The highest BCUT2D eigenvalue weighted by Gasteiger charge is 2.32.